The van der Waals surface area contributed by atoms with Crippen LogP contribution in [0.25, 0.3) is 10.9 Å². The molecule has 0 unspecified atom stereocenters. The average Bonchev–Trinajstić information content (AvgIpc) is 2.60. The highest BCUT2D eigenvalue weighted by Gasteiger charge is 2.10. The van der Waals surface area contributed by atoms with E-state index in [-0.39, 0.29) is 5.78 Å². The van der Waals surface area contributed by atoms with E-state index in [0.717, 1.165) is 20.9 Å². The standard InChI is InChI=1S/C11H11BrN2O/c1-13-6-11(15)9-5-14-10-4-7(12)2-3-8(9)10/h2-5,13-14H,6H2,1H3. The number of fused-ring (bicyclic) bond motifs is 1. The minimum atomic E-state index is 0.103. The number of H-pyrrole nitrogens is 1. The zero-order chi connectivity index (χ0) is 10.8. The van der Waals surface area contributed by atoms with Crippen LogP contribution in [0.15, 0.2) is 28.9 Å². The lowest BCUT2D eigenvalue weighted by Gasteiger charge is -1.97. The van der Waals surface area contributed by atoms with E-state index >= 15 is 0 Å². The van der Waals surface area contributed by atoms with Crippen molar-refractivity contribution in [2.45, 2.75) is 0 Å². The van der Waals surface area contributed by atoms with E-state index in [9.17, 15) is 4.79 Å². The number of hydrogen-bond acceptors (Lipinski definition) is 2. The Kier molecular flexibility index (Phi) is 2.88. The number of hydrogen-bond donors (Lipinski definition) is 2. The Labute approximate surface area is 96.0 Å². The van der Waals surface area contributed by atoms with Crippen molar-refractivity contribution in [3.05, 3.63) is 34.4 Å². The molecule has 78 valence electrons. The van der Waals surface area contributed by atoms with E-state index in [2.05, 4.69) is 26.2 Å². The topological polar surface area (TPSA) is 44.9 Å². The van der Waals surface area contributed by atoms with Crippen molar-refractivity contribution < 1.29 is 4.79 Å². The smallest absolute Gasteiger partial charge is 0.178 e. The van der Waals surface area contributed by atoms with Crippen LogP contribution in [0.2, 0.25) is 0 Å². The third-order valence-electron chi connectivity index (χ3n) is 2.28. The Morgan fingerprint density at radius 1 is 1.53 bits per heavy atom. The number of ketones is 1. The first-order valence-corrected chi connectivity index (χ1v) is 5.46. The third kappa shape index (κ3) is 1.96. The molecule has 2 N–H and O–H groups in total. The Hall–Kier alpha value is -1.13. The fourth-order valence-corrected chi connectivity index (χ4v) is 1.95. The lowest BCUT2D eigenvalue weighted by molar-refractivity contribution is 0.0995. The second-order valence-corrected chi connectivity index (χ2v) is 4.26. The second kappa shape index (κ2) is 4.16. The molecule has 0 aliphatic heterocycles. The van der Waals surface area contributed by atoms with Gasteiger partial charge in [0, 0.05) is 27.1 Å². The van der Waals surface area contributed by atoms with Gasteiger partial charge in [-0.05, 0) is 19.2 Å². The molecule has 15 heavy (non-hydrogen) atoms. The Balaban J connectivity index is 2.49. The molecule has 0 aliphatic rings. The first-order chi connectivity index (χ1) is 7.22. The Morgan fingerprint density at radius 3 is 3.07 bits per heavy atom. The minimum absolute atomic E-state index is 0.103. The lowest BCUT2D eigenvalue weighted by atomic mass is 10.1. The van der Waals surface area contributed by atoms with Crippen LogP contribution in [0, 0.1) is 0 Å². The van der Waals surface area contributed by atoms with Crippen molar-refractivity contribution in [1.82, 2.24) is 10.3 Å². The zero-order valence-electron chi connectivity index (χ0n) is 8.30. The first-order valence-electron chi connectivity index (χ1n) is 4.67. The Morgan fingerprint density at radius 2 is 2.33 bits per heavy atom. The van der Waals surface area contributed by atoms with Gasteiger partial charge in [0.05, 0.1) is 6.54 Å². The van der Waals surface area contributed by atoms with Crippen molar-refractivity contribution in [3.8, 4) is 0 Å². The maximum Gasteiger partial charge on any atom is 0.178 e. The summed E-state index contributed by atoms with van der Waals surface area (Å²) in [7, 11) is 1.77. The van der Waals surface area contributed by atoms with Crippen molar-refractivity contribution in [3.63, 3.8) is 0 Å². The molecule has 0 fully saturated rings. The van der Waals surface area contributed by atoms with Crippen LogP contribution in [-0.2, 0) is 0 Å². The molecular formula is C11H11BrN2O. The highest BCUT2D eigenvalue weighted by atomic mass is 79.9. The number of likely N-dealkylation sites (N-methyl/N-ethyl adjacent to an activating group) is 1. The van der Waals surface area contributed by atoms with Crippen LogP contribution in [0.3, 0.4) is 0 Å². The molecule has 0 saturated carbocycles. The van der Waals surface area contributed by atoms with Crippen LogP contribution < -0.4 is 5.32 Å². The van der Waals surface area contributed by atoms with Gasteiger partial charge in [-0.2, -0.15) is 0 Å². The summed E-state index contributed by atoms with van der Waals surface area (Å²) in [5, 5.41) is 3.83. The summed E-state index contributed by atoms with van der Waals surface area (Å²) in [4.78, 5) is 14.8. The molecule has 0 radical (unpaired) electrons. The molecule has 0 atom stereocenters. The van der Waals surface area contributed by atoms with Crippen LogP contribution in [0.4, 0.5) is 0 Å². The van der Waals surface area contributed by atoms with Gasteiger partial charge in [-0.3, -0.25) is 4.79 Å². The second-order valence-electron chi connectivity index (χ2n) is 3.35. The number of aromatic amines is 1. The number of carbonyl (C=O) groups is 1. The van der Waals surface area contributed by atoms with Gasteiger partial charge in [-0.15, -0.1) is 0 Å². The largest absolute Gasteiger partial charge is 0.360 e. The maximum atomic E-state index is 11.7. The molecule has 0 amide bonds. The van der Waals surface area contributed by atoms with Crippen LogP contribution in [-0.4, -0.2) is 24.4 Å². The number of benzene rings is 1. The summed E-state index contributed by atoms with van der Waals surface area (Å²) in [5.41, 5.74) is 1.72. The predicted octanol–water partition coefficient (Wildman–Crippen LogP) is 2.33. The quantitative estimate of drug-likeness (QED) is 0.838. The van der Waals surface area contributed by atoms with Gasteiger partial charge < -0.3 is 10.3 Å². The number of Topliss-reactive ketones (excluding diaryl/α,β-unsaturated/α-hetero) is 1. The molecule has 1 heterocycles. The number of rotatable bonds is 3. The van der Waals surface area contributed by atoms with E-state index in [1.54, 1.807) is 13.2 Å². The van der Waals surface area contributed by atoms with Crippen LogP contribution in [0.1, 0.15) is 10.4 Å². The van der Waals surface area contributed by atoms with E-state index < -0.39 is 0 Å². The third-order valence-corrected chi connectivity index (χ3v) is 2.77. The summed E-state index contributed by atoms with van der Waals surface area (Å²) in [6.07, 6.45) is 1.76. The number of nitrogens with one attached hydrogen (secondary N) is 2. The van der Waals surface area contributed by atoms with Gasteiger partial charge >= 0.3 is 0 Å². The molecule has 0 saturated heterocycles. The predicted molar refractivity (Wildman–Crippen MR) is 64.3 cm³/mol. The number of aromatic nitrogens is 1. The highest BCUT2D eigenvalue weighted by molar-refractivity contribution is 9.10. The fourth-order valence-electron chi connectivity index (χ4n) is 1.58. The number of halogens is 1. The van der Waals surface area contributed by atoms with Gasteiger partial charge in [-0.1, -0.05) is 22.0 Å². The summed E-state index contributed by atoms with van der Waals surface area (Å²) in [6, 6.07) is 5.84. The molecular weight excluding hydrogens is 256 g/mol. The molecule has 1 aromatic heterocycles. The molecule has 3 nitrogen and oxygen atoms in total. The summed E-state index contributed by atoms with van der Waals surface area (Å²) < 4.78 is 1.00. The monoisotopic (exact) mass is 266 g/mol. The normalized spacial score (nSPS) is 10.8. The van der Waals surface area contributed by atoms with Gasteiger partial charge in [0.1, 0.15) is 0 Å². The van der Waals surface area contributed by atoms with E-state index in [1.807, 2.05) is 18.2 Å². The van der Waals surface area contributed by atoms with Crippen LogP contribution in [0.5, 0.6) is 0 Å². The van der Waals surface area contributed by atoms with Crippen molar-refractivity contribution in [2.75, 3.05) is 13.6 Å². The van der Waals surface area contributed by atoms with Crippen molar-refractivity contribution in [2.24, 2.45) is 0 Å². The highest BCUT2D eigenvalue weighted by Crippen LogP contribution is 2.22. The minimum Gasteiger partial charge on any atom is -0.360 e. The molecule has 1 aromatic carbocycles. The van der Waals surface area contributed by atoms with E-state index in [4.69, 9.17) is 0 Å². The summed E-state index contributed by atoms with van der Waals surface area (Å²) in [6.45, 7) is 0.364. The SMILES string of the molecule is CNCC(=O)c1c[nH]c2cc(Br)ccc12. The van der Waals surface area contributed by atoms with Crippen LogP contribution >= 0.6 is 15.9 Å². The molecule has 2 rings (SSSR count). The van der Waals surface area contributed by atoms with E-state index in [0.29, 0.717) is 6.54 Å². The fraction of sp³-hybridized carbons (Fsp3) is 0.182. The lowest BCUT2D eigenvalue weighted by Crippen LogP contribution is -2.18. The van der Waals surface area contributed by atoms with Gasteiger partial charge in [0.15, 0.2) is 5.78 Å². The molecule has 4 heteroatoms. The van der Waals surface area contributed by atoms with E-state index in [1.165, 1.54) is 0 Å². The molecule has 0 spiro atoms. The van der Waals surface area contributed by atoms with Crippen molar-refractivity contribution in [1.29, 1.82) is 0 Å². The van der Waals surface area contributed by atoms with Crippen molar-refractivity contribution >= 4 is 32.6 Å². The molecule has 0 aliphatic carbocycles. The molecule has 0 bridgehead atoms. The zero-order valence-corrected chi connectivity index (χ0v) is 9.89. The van der Waals surface area contributed by atoms with Gasteiger partial charge in [0.2, 0.25) is 0 Å². The summed E-state index contributed by atoms with van der Waals surface area (Å²) >= 11 is 3.39. The van der Waals surface area contributed by atoms with Gasteiger partial charge in [-0.25, -0.2) is 0 Å². The molecule has 2 aromatic rings. The first kappa shape index (κ1) is 10.4. The number of carbonyl (C=O) groups excluding carboxylic acids is 1. The maximum absolute atomic E-state index is 11.7. The Bertz CT molecular complexity index is 504. The summed E-state index contributed by atoms with van der Waals surface area (Å²) in [5.74, 6) is 0.103. The van der Waals surface area contributed by atoms with Gasteiger partial charge in [0.25, 0.3) is 0 Å². The average molecular weight is 267 g/mol.